The van der Waals surface area contributed by atoms with Gasteiger partial charge in [0.25, 0.3) is 5.91 Å². The lowest BCUT2D eigenvalue weighted by Gasteiger charge is -2.15. The number of carbonyl (C=O) groups is 1. The van der Waals surface area contributed by atoms with E-state index in [-0.39, 0.29) is 4.90 Å². The minimum absolute atomic E-state index is 0.205. The molecule has 0 N–H and O–H groups in total. The first kappa shape index (κ1) is 20.8. The Morgan fingerprint density at radius 3 is 2.47 bits per heavy atom. The maximum atomic E-state index is 12.8. The van der Waals surface area contributed by atoms with E-state index in [9.17, 15) is 13.2 Å². The van der Waals surface area contributed by atoms with Gasteiger partial charge in [0, 0.05) is 25.2 Å². The first-order chi connectivity index (χ1) is 14.5. The molecular weight excluding hydrogens is 422 g/mol. The highest BCUT2D eigenvalue weighted by atomic mass is 32.2. The number of hydrogen-bond acceptors (Lipinski definition) is 5. The third-order valence-corrected chi connectivity index (χ3v) is 8.16. The van der Waals surface area contributed by atoms with Crippen molar-refractivity contribution in [3.63, 3.8) is 0 Å². The summed E-state index contributed by atoms with van der Waals surface area (Å²) in [4.78, 5) is 17.9. The molecule has 1 aliphatic rings. The van der Waals surface area contributed by atoms with Gasteiger partial charge in [0.2, 0.25) is 10.0 Å². The molecule has 2 aromatic carbocycles. The van der Waals surface area contributed by atoms with Crippen molar-refractivity contribution in [1.29, 1.82) is 0 Å². The first-order valence-corrected chi connectivity index (χ1v) is 12.1. The number of benzene rings is 2. The predicted octanol–water partition coefficient (Wildman–Crippen LogP) is 3.26. The number of fused-ring (bicyclic) bond motifs is 1. The summed E-state index contributed by atoms with van der Waals surface area (Å²) in [6.07, 6.45) is 1.76. The fraction of sp³-hybridized carbons (Fsp3) is 0.333. The van der Waals surface area contributed by atoms with Gasteiger partial charge in [0.15, 0.2) is 4.80 Å². The second kappa shape index (κ2) is 8.33. The molecule has 9 heteroatoms. The van der Waals surface area contributed by atoms with Crippen LogP contribution in [0.2, 0.25) is 0 Å². The van der Waals surface area contributed by atoms with Crippen LogP contribution >= 0.6 is 11.3 Å². The van der Waals surface area contributed by atoms with Gasteiger partial charge in [0.05, 0.1) is 16.7 Å². The SMILES string of the molecule is CCn1c(=NC(=O)c2ccc(S(=O)(=O)N3CCCC3)cc2)sc2cccc(OC)c21. The number of sulfonamides is 1. The molecule has 4 rings (SSSR count). The van der Waals surface area contributed by atoms with Gasteiger partial charge in [-0.05, 0) is 56.2 Å². The van der Waals surface area contributed by atoms with Crippen molar-refractivity contribution in [1.82, 2.24) is 8.87 Å². The van der Waals surface area contributed by atoms with Crippen molar-refractivity contribution < 1.29 is 17.9 Å². The number of nitrogens with zero attached hydrogens (tertiary/aromatic N) is 3. The van der Waals surface area contributed by atoms with Crippen LogP contribution in [0.4, 0.5) is 0 Å². The van der Waals surface area contributed by atoms with Crippen molar-refractivity contribution >= 4 is 37.5 Å². The summed E-state index contributed by atoms with van der Waals surface area (Å²) >= 11 is 1.42. The normalized spacial score (nSPS) is 15.7. The molecule has 0 bridgehead atoms. The van der Waals surface area contributed by atoms with E-state index < -0.39 is 15.9 Å². The molecule has 2 heterocycles. The number of amides is 1. The quantitative estimate of drug-likeness (QED) is 0.604. The number of carbonyl (C=O) groups excluding carboxylic acids is 1. The highest BCUT2D eigenvalue weighted by molar-refractivity contribution is 7.89. The van der Waals surface area contributed by atoms with Crippen LogP contribution in [-0.4, -0.2) is 43.4 Å². The van der Waals surface area contributed by atoms with Gasteiger partial charge in [-0.15, -0.1) is 0 Å². The molecule has 0 unspecified atom stereocenters. The van der Waals surface area contributed by atoms with Gasteiger partial charge < -0.3 is 9.30 Å². The van der Waals surface area contributed by atoms with E-state index in [4.69, 9.17) is 4.74 Å². The second-order valence-electron chi connectivity index (χ2n) is 6.99. The molecule has 158 valence electrons. The smallest absolute Gasteiger partial charge is 0.279 e. The Labute approximate surface area is 179 Å². The lowest BCUT2D eigenvalue weighted by Crippen LogP contribution is -2.27. The molecule has 0 spiro atoms. The van der Waals surface area contributed by atoms with Gasteiger partial charge in [-0.25, -0.2) is 8.42 Å². The molecular formula is C21H23N3O4S2. The molecule has 7 nitrogen and oxygen atoms in total. The topological polar surface area (TPSA) is 81.0 Å². The molecule has 3 aromatic rings. The van der Waals surface area contributed by atoms with E-state index in [1.807, 2.05) is 29.7 Å². The summed E-state index contributed by atoms with van der Waals surface area (Å²) in [6, 6.07) is 11.8. The number of rotatable bonds is 5. The van der Waals surface area contributed by atoms with Gasteiger partial charge >= 0.3 is 0 Å². The Morgan fingerprint density at radius 1 is 1.13 bits per heavy atom. The standard InChI is InChI=1S/C21H23N3O4S2/c1-3-24-19-17(28-2)7-6-8-18(19)29-21(24)22-20(25)15-9-11-16(12-10-15)30(26,27)23-13-4-5-14-23/h6-12H,3-5,13-14H2,1-2H3. The second-order valence-corrected chi connectivity index (χ2v) is 9.94. The van der Waals surface area contributed by atoms with Crippen molar-refractivity contribution in [2.45, 2.75) is 31.2 Å². The summed E-state index contributed by atoms with van der Waals surface area (Å²) in [5, 5.41) is 0. The Balaban J connectivity index is 1.68. The van der Waals surface area contributed by atoms with Crippen molar-refractivity contribution in [3.8, 4) is 5.75 Å². The van der Waals surface area contributed by atoms with E-state index in [1.165, 1.54) is 39.9 Å². The summed E-state index contributed by atoms with van der Waals surface area (Å²) in [5.74, 6) is 0.323. The Hall–Kier alpha value is -2.49. The van der Waals surface area contributed by atoms with Crippen LogP contribution < -0.4 is 9.54 Å². The average Bonchev–Trinajstić information content (AvgIpc) is 3.41. The van der Waals surface area contributed by atoms with Crippen LogP contribution in [0.1, 0.15) is 30.1 Å². The summed E-state index contributed by atoms with van der Waals surface area (Å²) in [7, 11) is -1.88. The summed E-state index contributed by atoms with van der Waals surface area (Å²) in [5.41, 5.74) is 1.26. The van der Waals surface area contributed by atoms with Crippen LogP contribution in [-0.2, 0) is 16.6 Å². The molecule has 0 atom stereocenters. The number of thiazole rings is 1. The first-order valence-electron chi connectivity index (χ1n) is 9.81. The van der Waals surface area contributed by atoms with E-state index in [0.717, 1.165) is 28.8 Å². The highest BCUT2D eigenvalue weighted by Gasteiger charge is 2.27. The van der Waals surface area contributed by atoms with E-state index >= 15 is 0 Å². The van der Waals surface area contributed by atoms with Crippen LogP contribution in [0.3, 0.4) is 0 Å². The molecule has 0 saturated carbocycles. The minimum atomic E-state index is -3.50. The van der Waals surface area contributed by atoms with Crippen LogP contribution in [0.5, 0.6) is 5.75 Å². The molecule has 1 fully saturated rings. The van der Waals surface area contributed by atoms with E-state index in [0.29, 0.717) is 30.0 Å². The number of ether oxygens (including phenoxy) is 1. The lowest BCUT2D eigenvalue weighted by molar-refractivity contribution is 0.0997. The molecule has 30 heavy (non-hydrogen) atoms. The number of methoxy groups -OCH3 is 1. The van der Waals surface area contributed by atoms with Gasteiger partial charge in [-0.1, -0.05) is 17.4 Å². The number of aromatic nitrogens is 1. The van der Waals surface area contributed by atoms with Gasteiger partial charge in [-0.3, -0.25) is 4.79 Å². The number of hydrogen-bond donors (Lipinski definition) is 0. The van der Waals surface area contributed by atoms with Crippen LogP contribution in [0.25, 0.3) is 10.2 Å². The molecule has 0 radical (unpaired) electrons. The zero-order valence-electron chi connectivity index (χ0n) is 16.9. The summed E-state index contributed by atoms with van der Waals surface area (Å²) < 4.78 is 35.2. The Morgan fingerprint density at radius 2 is 1.83 bits per heavy atom. The Bertz CT molecular complexity index is 1250. The summed E-state index contributed by atoms with van der Waals surface area (Å²) in [6.45, 7) is 3.72. The van der Waals surface area contributed by atoms with Crippen LogP contribution in [0.15, 0.2) is 52.4 Å². The predicted molar refractivity (Wildman–Crippen MR) is 116 cm³/mol. The largest absolute Gasteiger partial charge is 0.495 e. The van der Waals surface area contributed by atoms with Crippen LogP contribution in [0, 0.1) is 0 Å². The lowest BCUT2D eigenvalue weighted by atomic mass is 10.2. The molecule has 1 aromatic heterocycles. The van der Waals surface area contributed by atoms with E-state index in [2.05, 4.69) is 4.99 Å². The average molecular weight is 446 g/mol. The third kappa shape index (κ3) is 3.68. The fourth-order valence-corrected chi connectivity index (χ4v) is 6.27. The zero-order valence-corrected chi connectivity index (χ0v) is 18.5. The Kier molecular flexibility index (Phi) is 5.77. The van der Waals surface area contributed by atoms with E-state index in [1.54, 1.807) is 7.11 Å². The zero-order chi connectivity index (χ0) is 21.3. The maximum Gasteiger partial charge on any atom is 0.279 e. The van der Waals surface area contributed by atoms with Crippen molar-refractivity contribution in [2.24, 2.45) is 4.99 Å². The third-order valence-electron chi connectivity index (χ3n) is 5.20. The highest BCUT2D eigenvalue weighted by Crippen LogP contribution is 2.27. The van der Waals surface area contributed by atoms with Gasteiger partial charge in [-0.2, -0.15) is 9.30 Å². The molecule has 1 saturated heterocycles. The van der Waals surface area contributed by atoms with Crippen molar-refractivity contribution in [2.75, 3.05) is 20.2 Å². The van der Waals surface area contributed by atoms with Crippen molar-refractivity contribution in [3.05, 3.63) is 52.8 Å². The monoisotopic (exact) mass is 445 g/mol. The number of para-hydroxylation sites is 1. The molecule has 0 aliphatic carbocycles. The molecule has 1 aliphatic heterocycles. The molecule has 1 amide bonds. The van der Waals surface area contributed by atoms with Gasteiger partial charge in [0.1, 0.15) is 11.3 Å². The minimum Gasteiger partial charge on any atom is -0.495 e. The maximum absolute atomic E-state index is 12.8. The number of aryl methyl sites for hydroxylation is 1. The fourth-order valence-electron chi connectivity index (χ4n) is 3.64.